The van der Waals surface area contributed by atoms with Gasteiger partial charge in [-0.25, -0.2) is 9.59 Å². The maximum atomic E-state index is 13.1. The lowest BCUT2D eigenvalue weighted by Gasteiger charge is -2.39. The molecule has 0 aliphatic carbocycles. The predicted molar refractivity (Wildman–Crippen MR) is 546 cm³/mol. The molecule has 0 aromatic rings. The highest BCUT2D eigenvalue weighted by atomic mass is 28.4. The number of methoxy groups -OCH3 is 3. The standard InChI is InChI=1S/C37H60O6Si.2C37H58O6Si/c3*1-27-21-22-40-31(24-27)19-20-34(39-7)35-17-11-16-33(43-44(8,9)37(4,5)6)26-29(3)23-28(2)25-32-15-10-13-30(41-32)14-12-18-36(38)42-35/h10-11,13,16,19-21,28,30-35H,3,12,14-15,17-18,22-26H2,1-2,4-9H3;2*10-13,16,18-21,28,30-35H,3,14-15,17,22-26H2,1-2,4-9H3/b16-11+,20-19+;2*16-11+,18-12-,20-19+/t2*28-,30-,31+,32-,33+,34-,35-;28-,30-,31+,32-,33-,34-,35-/m000/s1. The van der Waals surface area contributed by atoms with Gasteiger partial charge in [0.05, 0.1) is 93.1 Å². The number of carbonyl (C=O) groups excluding carboxylic acids is 3. The summed E-state index contributed by atoms with van der Waals surface area (Å²) < 4.78 is 93.3. The van der Waals surface area contributed by atoms with E-state index in [1.54, 1.807) is 21.3 Å². The third-order valence-corrected chi connectivity index (χ3v) is 41.3. The minimum atomic E-state index is -2.05. The summed E-state index contributed by atoms with van der Waals surface area (Å²) in [5, 5.41) is 0.243. The molecule has 9 heterocycles. The van der Waals surface area contributed by atoms with Crippen molar-refractivity contribution in [2.24, 2.45) is 17.8 Å². The van der Waals surface area contributed by atoms with E-state index in [9.17, 15) is 14.4 Å². The van der Waals surface area contributed by atoms with E-state index < -0.39 is 61.6 Å². The summed E-state index contributed by atoms with van der Waals surface area (Å²) in [5.74, 6) is 0.387. The van der Waals surface area contributed by atoms with Gasteiger partial charge in [0.1, 0.15) is 36.6 Å². The van der Waals surface area contributed by atoms with Gasteiger partial charge in [0.15, 0.2) is 25.0 Å². The number of fused-ring (bicyclic) bond motifs is 6. The van der Waals surface area contributed by atoms with Gasteiger partial charge in [-0.05, 0) is 215 Å². The lowest BCUT2D eigenvalue weighted by atomic mass is 9.91. The van der Waals surface area contributed by atoms with Crippen molar-refractivity contribution in [3.63, 3.8) is 0 Å². The van der Waals surface area contributed by atoms with Crippen LogP contribution in [0.4, 0.5) is 0 Å². The van der Waals surface area contributed by atoms with E-state index >= 15 is 0 Å². The molecule has 0 fully saturated rings. The monoisotopic (exact) mass is 1880 g/mol. The van der Waals surface area contributed by atoms with Crippen LogP contribution in [0.1, 0.15) is 252 Å². The first-order valence-electron chi connectivity index (χ1n) is 49.6. The molecular formula is C111H176O18Si3. The van der Waals surface area contributed by atoms with Crippen molar-refractivity contribution in [2.45, 2.75) is 416 Å². The van der Waals surface area contributed by atoms with Crippen molar-refractivity contribution in [3.05, 3.63) is 205 Å². The second kappa shape index (κ2) is 55.7. The molecule has 132 heavy (non-hydrogen) atoms. The van der Waals surface area contributed by atoms with Crippen molar-refractivity contribution in [3.8, 4) is 0 Å². The quantitative estimate of drug-likeness (QED) is 0.0544. The second-order valence-electron chi connectivity index (χ2n) is 43.4. The molecule has 0 saturated heterocycles. The molecule has 9 aliphatic rings. The molecule has 9 aliphatic heterocycles. The van der Waals surface area contributed by atoms with Crippen molar-refractivity contribution in [1.82, 2.24) is 0 Å². The highest BCUT2D eigenvalue weighted by Crippen LogP contribution is 2.43. The summed E-state index contributed by atoms with van der Waals surface area (Å²) in [6, 6.07) is 0. The van der Waals surface area contributed by atoms with Crippen molar-refractivity contribution >= 4 is 42.9 Å². The van der Waals surface area contributed by atoms with E-state index in [0.717, 1.165) is 103 Å². The Morgan fingerprint density at radius 2 is 0.682 bits per heavy atom. The molecule has 6 bridgehead atoms. The molecule has 9 rings (SSSR count). The summed E-state index contributed by atoms with van der Waals surface area (Å²) >= 11 is 0. The van der Waals surface area contributed by atoms with Crippen molar-refractivity contribution < 1.29 is 84.5 Å². The van der Waals surface area contributed by atoms with Crippen LogP contribution in [0.2, 0.25) is 54.4 Å². The normalized spacial score (nSPS) is 32.2. The average Bonchev–Trinajstić information content (AvgIpc) is 0.830. The fourth-order valence-corrected chi connectivity index (χ4v) is 21.1. The molecule has 0 saturated carbocycles. The lowest BCUT2D eigenvalue weighted by molar-refractivity contribution is -0.154. The fourth-order valence-electron chi connectivity index (χ4n) is 17.3. The van der Waals surface area contributed by atoms with E-state index in [1.165, 1.54) is 45.6 Å². The van der Waals surface area contributed by atoms with Crippen LogP contribution in [0.25, 0.3) is 0 Å². The van der Waals surface area contributed by atoms with Gasteiger partial charge in [0, 0.05) is 59.2 Å². The zero-order valence-electron chi connectivity index (χ0n) is 85.9. The van der Waals surface area contributed by atoms with Crippen LogP contribution in [-0.4, -0.2) is 194 Å². The number of ether oxygens (including phenoxy) is 12. The van der Waals surface area contributed by atoms with Gasteiger partial charge in [-0.2, -0.15) is 0 Å². The molecule has 0 aromatic heterocycles. The fraction of sp³-hybridized carbons (Fsp3) is 0.667. The Labute approximate surface area is 802 Å². The molecule has 21 atom stereocenters. The molecule has 18 nitrogen and oxygen atoms in total. The number of rotatable bonds is 18. The van der Waals surface area contributed by atoms with Gasteiger partial charge in [-0.15, -0.1) is 0 Å². The lowest BCUT2D eigenvalue weighted by Crippen LogP contribution is -2.43. The number of hydrogen-bond donors (Lipinski definition) is 0. The van der Waals surface area contributed by atoms with Gasteiger partial charge < -0.3 is 70.1 Å². The summed E-state index contributed by atoms with van der Waals surface area (Å²) in [6.07, 6.45) is 66.2. The van der Waals surface area contributed by atoms with E-state index in [4.69, 9.17) is 70.1 Å². The molecule has 0 unspecified atom stereocenters. The summed E-state index contributed by atoms with van der Waals surface area (Å²) in [7, 11) is -1.18. The largest absolute Gasteiger partial charge is 0.459 e. The SMILES string of the molecule is C=C1C[C@H](C)C[C@@H]2CC=C[C@@H](C/C=C\C(=O)O[C@H]([C@H](/C=C/[C@@H]3CC(C)=CCO3)OC)C/C=C/[C@@H](O[Si](C)(C)C(C)(C)C)C1)O2.C=C1C[C@H](C)C[C@@H]2CC=C[C@@H](C/C=C\C(=O)O[C@H]([C@H](/C=C/[C@@H]3CC(C)=CCO3)OC)C/C=C/[C@H](O[Si](C)(C)C(C)(C)C)C1)O2.C=C1C[C@H](C)C[C@@H]2CC=C[C@@H](CCCC(=O)O[C@H]([C@H](/C=C/[C@@H]3CC(C)=CCO3)OC)C/C=C/[C@@H](O[Si](C)(C)C(C)(C)C)C1)O2. The van der Waals surface area contributed by atoms with Crippen LogP contribution in [0.3, 0.4) is 0 Å². The number of carbonyl (C=O) groups is 3. The van der Waals surface area contributed by atoms with Gasteiger partial charge in [-0.3, -0.25) is 4.79 Å². The first-order chi connectivity index (χ1) is 62.3. The number of hydrogen-bond acceptors (Lipinski definition) is 18. The third kappa shape index (κ3) is 41.4. The minimum Gasteiger partial charge on any atom is -0.459 e. The maximum absolute atomic E-state index is 13.1. The van der Waals surface area contributed by atoms with E-state index in [-0.39, 0.29) is 106 Å². The van der Waals surface area contributed by atoms with Gasteiger partial charge in [0.25, 0.3) is 0 Å². The molecule has 21 heteroatoms. The Balaban J connectivity index is 0.000000271. The Hall–Kier alpha value is -5.84. The Morgan fingerprint density at radius 1 is 0.386 bits per heavy atom. The molecule has 0 aromatic carbocycles. The Kier molecular flexibility index (Phi) is 47.7. The van der Waals surface area contributed by atoms with Crippen LogP contribution < -0.4 is 0 Å². The van der Waals surface area contributed by atoms with Crippen LogP contribution in [-0.2, 0) is 84.5 Å². The minimum absolute atomic E-state index is 0.00810. The third-order valence-electron chi connectivity index (χ3n) is 27.8. The van der Waals surface area contributed by atoms with Crippen LogP contribution >= 0.6 is 0 Å². The zero-order chi connectivity index (χ0) is 97.0. The summed E-state index contributed by atoms with van der Waals surface area (Å²) in [5.41, 5.74) is 7.51. The van der Waals surface area contributed by atoms with Crippen LogP contribution in [0, 0.1) is 17.8 Å². The molecule has 0 N–H and O–H groups in total. The zero-order valence-corrected chi connectivity index (χ0v) is 88.9. The highest BCUT2D eigenvalue weighted by molar-refractivity contribution is 6.75. The van der Waals surface area contributed by atoms with Crippen LogP contribution in [0.5, 0.6) is 0 Å². The first kappa shape index (κ1) is 113. The molecule has 0 radical (unpaired) electrons. The van der Waals surface area contributed by atoms with Crippen molar-refractivity contribution in [2.75, 3.05) is 41.2 Å². The highest BCUT2D eigenvalue weighted by Gasteiger charge is 2.43. The summed E-state index contributed by atoms with van der Waals surface area (Å²) in [6.45, 7) is 62.6. The van der Waals surface area contributed by atoms with E-state index in [1.807, 2.05) is 48.6 Å². The Bertz CT molecular complexity index is 3870. The van der Waals surface area contributed by atoms with Gasteiger partial charge >= 0.3 is 17.9 Å². The van der Waals surface area contributed by atoms with Gasteiger partial charge in [0.2, 0.25) is 0 Å². The predicted octanol–water partition coefficient (Wildman–Crippen LogP) is 26.0. The number of esters is 3. The second-order valence-corrected chi connectivity index (χ2v) is 57.7. The average molecular weight is 1880 g/mol. The molecular weight excluding hydrogens is 1710 g/mol. The smallest absolute Gasteiger partial charge is 0.330 e. The summed E-state index contributed by atoms with van der Waals surface area (Å²) in [4.78, 5) is 39.2. The Morgan fingerprint density at radius 3 is 0.985 bits per heavy atom. The van der Waals surface area contributed by atoms with Crippen LogP contribution in [0.15, 0.2) is 205 Å². The maximum Gasteiger partial charge on any atom is 0.330 e. The molecule has 0 spiro atoms. The number of cyclic esters (lactones) is 3. The molecule has 740 valence electrons. The topological polar surface area (TPSA) is 190 Å². The van der Waals surface area contributed by atoms with Gasteiger partial charge in [-0.1, -0.05) is 276 Å². The van der Waals surface area contributed by atoms with E-state index in [2.05, 4.69) is 254 Å². The first-order valence-corrected chi connectivity index (χ1v) is 58.4. The van der Waals surface area contributed by atoms with Crippen molar-refractivity contribution in [1.29, 1.82) is 0 Å². The van der Waals surface area contributed by atoms with E-state index in [0.29, 0.717) is 82.5 Å². The molecule has 0 amide bonds.